The number of aromatic carboxylic acids is 1. The summed E-state index contributed by atoms with van der Waals surface area (Å²) >= 11 is 8.42. The average Bonchev–Trinajstić information content (AvgIpc) is 2.93. The molecular formula is C16H12ClIN2O2. The highest BCUT2D eigenvalue weighted by Crippen LogP contribution is 2.30. The van der Waals surface area contributed by atoms with Gasteiger partial charge in [0, 0.05) is 8.96 Å². The number of rotatable bonds is 3. The normalized spacial score (nSPS) is 12.5. The van der Waals surface area contributed by atoms with Crippen LogP contribution in [0.15, 0.2) is 42.6 Å². The lowest BCUT2D eigenvalue weighted by Gasteiger charge is -2.15. The van der Waals surface area contributed by atoms with Crippen LogP contribution in [-0.4, -0.2) is 20.9 Å². The smallest absolute Gasteiger partial charge is 0.337 e. The first-order chi connectivity index (χ1) is 10.5. The topological polar surface area (TPSA) is 55.1 Å². The van der Waals surface area contributed by atoms with Crippen molar-refractivity contribution in [3.05, 3.63) is 62.3 Å². The third kappa shape index (κ3) is 2.59. The van der Waals surface area contributed by atoms with Crippen molar-refractivity contribution in [1.29, 1.82) is 0 Å². The molecule has 0 saturated carbocycles. The molecule has 0 spiro atoms. The monoisotopic (exact) mass is 426 g/mol. The van der Waals surface area contributed by atoms with Gasteiger partial charge in [-0.2, -0.15) is 5.10 Å². The molecule has 0 radical (unpaired) electrons. The van der Waals surface area contributed by atoms with Gasteiger partial charge in [0.1, 0.15) is 0 Å². The van der Waals surface area contributed by atoms with Gasteiger partial charge in [0.25, 0.3) is 0 Å². The molecule has 1 aromatic heterocycles. The fourth-order valence-corrected chi connectivity index (χ4v) is 3.04. The molecule has 0 fully saturated rings. The highest BCUT2D eigenvalue weighted by Gasteiger charge is 2.19. The lowest BCUT2D eigenvalue weighted by atomic mass is 10.1. The quantitative estimate of drug-likeness (QED) is 0.623. The Labute approximate surface area is 145 Å². The summed E-state index contributed by atoms with van der Waals surface area (Å²) in [5, 5.41) is 14.9. The maximum Gasteiger partial charge on any atom is 0.337 e. The summed E-state index contributed by atoms with van der Waals surface area (Å²) in [6.07, 6.45) is 1.62. The molecule has 3 rings (SSSR count). The number of halogens is 2. The Balaban J connectivity index is 2.20. The van der Waals surface area contributed by atoms with Crippen LogP contribution in [0.2, 0.25) is 5.02 Å². The highest BCUT2D eigenvalue weighted by molar-refractivity contribution is 14.1. The van der Waals surface area contributed by atoms with E-state index in [1.807, 2.05) is 31.2 Å². The molecule has 0 aliphatic carbocycles. The van der Waals surface area contributed by atoms with E-state index in [1.165, 1.54) is 6.07 Å². The molecule has 22 heavy (non-hydrogen) atoms. The zero-order valence-corrected chi connectivity index (χ0v) is 14.5. The molecule has 4 nitrogen and oxygen atoms in total. The van der Waals surface area contributed by atoms with E-state index in [4.69, 9.17) is 11.6 Å². The zero-order valence-electron chi connectivity index (χ0n) is 11.6. The summed E-state index contributed by atoms with van der Waals surface area (Å²) in [6, 6.07) is 11.1. The van der Waals surface area contributed by atoms with Gasteiger partial charge in [0.2, 0.25) is 0 Å². The summed E-state index contributed by atoms with van der Waals surface area (Å²) in [5.74, 6) is -0.988. The minimum Gasteiger partial charge on any atom is -0.478 e. The summed E-state index contributed by atoms with van der Waals surface area (Å²) in [5.41, 5.74) is 1.81. The molecule has 0 amide bonds. The van der Waals surface area contributed by atoms with Crippen molar-refractivity contribution >= 4 is 51.1 Å². The fourth-order valence-electron chi connectivity index (χ4n) is 2.48. The summed E-state index contributed by atoms with van der Waals surface area (Å²) in [7, 11) is 0. The first kappa shape index (κ1) is 15.3. The van der Waals surface area contributed by atoms with E-state index in [-0.39, 0.29) is 11.6 Å². The zero-order chi connectivity index (χ0) is 15.9. The van der Waals surface area contributed by atoms with Crippen LogP contribution in [-0.2, 0) is 0 Å². The number of nitrogens with zero attached hydrogens (tertiary/aromatic N) is 2. The van der Waals surface area contributed by atoms with Crippen LogP contribution in [0.3, 0.4) is 0 Å². The third-order valence-corrected chi connectivity index (χ3v) is 4.70. The Morgan fingerprint density at radius 3 is 2.59 bits per heavy atom. The molecule has 1 heterocycles. The standard InChI is InChI=1S/C16H12ClIN2O2/c1-9(10-2-4-11(18)5-3-10)20-15-12(16(21)22)6-7-14(17)13(15)8-19-20/h2-9H,1H3,(H,21,22). The van der Waals surface area contributed by atoms with Crippen molar-refractivity contribution in [3.8, 4) is 0 Å². The minimum atomic E-state index is -0.988. The predicted molar refractivity (Wildman–Crippen MR) is 94.7 cm³/mol. The van der Waals surface area contributed by atoms with Crippen LogP contribution >= 0.6 is 34.2 Å². The first-order valence-electron chi connectivity index (χ1n) is 6.63. The first-order valence-corrected chi connectivity index (χ1v) is 8.09. The number of fused-ring (bicyclic) bond motifs is 1. The van der Waals surface area contributed by atoms with Crippen LogP contribution in [0.5, 0.6) is 0 Å². The molecule has 2 aromatic carbocycles. The van der Waals surface area contributed by atoms with Gasteiger partial charge < -0.3 is 5.11 Å². The molecule has 1 atom stereocenters. The number of hydrogen-bond acceptors (Lipinski definition) is 2. The molecule has 112 valence electrons. The van der Waals surface area contributed by atoms with Crippen LogP contribution < -0.4 is 0 Å². The van der Waals surface area contributed by atoms with Gasteiger partial charge in [-0.25, -0.2) is 4.79 Å². The van der Waals surface area contributed by atoms with E-state index in [1.54, 1.807) is 16.9 Å². The average molecular weight is 427 g/mol. The van der Waals surface area contributed by atoms with Crippen molar-refractivity contribution in [1.82, 2.24) is 9.78 Å². The molecule has 6 heteroatoms. The number of hydrogen-bond donors (Lipinski definition) is 1. The lowest BCUT2D eigenvalue weighted by Crippen LogP contribution is -2.11. The van der Waals surface area contributed by atoms with Crippen molar-refractivity contribution in [2.24, 2.45) is 0 Å². The van der Waals surface area contributed by atoms with E-state index in [9.17, 15) is 9.90 Å². The van der Waals surface area contributed by atoms with Crippen molar-refractivity contribution in [2.75, 3.05) is 0 Å². The Morgan fingerprint density at radius 2 is 1.95 bits per heavy atom. The second-order valence-corrected chi connectivity index (χ2v) is 6.63. The molecule has 0 aliphatic heterocycles. The second kappa shape index (κ2) is 5.89. The third-order valence-electron chi connectivity index (χ3n) is 3.65. The van der Waals surface area contributed by atoms with Crippen molar-refractivity contribution in [3.63, 3.8) is 0 Å². The molecule has 1 unspecified atom stereocenters. The molecule has 3 aromatic rings. The molecular weight excluding hydrogens is 415 g/mol. The van der Waals surface area contributed by atoms with Crippen molar-refractivity contribution in [2.45, 2.75) is 13.0 Å². The summed E-state index contributed by atoms with van der Waals surface area (Å²) < 4.78 is 2.86. The highest BCUT2D eigenvalue weighted by atomic mass is 127. The van der Waals surface area contributed by atoms with Crippen LogP contribution in [0.4, 0.5) is 0 Å². The Hall–Kier alpha value is -1.60. The van der Waals surface area contributed by atoms with E-state index in [2.05, 4.69) is 27.7 Å². The Kier molecular flexibility index (Phi) is 4.10. The number of aromatic nitrogens is 2. The second-order valence-electron chi connectivity index (χ2n) is 4.98. The van der Waals surface area contributed by atoms with Gasteiger partial charge in [-0.05, 0) is 59.3 Å². The molecule has 1 N–H and O–H groups in total. The summed E-state index contributed by atoms with van der Waals surface area (Å²) in [6.45, 7) is 1.99. The van der Waals surface area contributed by atoms with Crippen LogP contribution in [0.1, 0.15) is 28.9 Å². The Morgan fingerprint density at radius 1 is 1.27 bits per heavy atom. The van der Waals surface area contributed by atoms with E-state index >= 15 is 0 Å². The summed E-state index contributed by atoms with van der Waals surface area (Å²) in [4.78, 5) is 11.5. The minimum absolute atomic E-state index is 0.0916. The van der Waals surface area contributed by atoms with E-state index in [0.29, 0.717) is 15.9 Å². The predicted octanol–water partition coefficient (Wildman–Crippen LogP) is 4.60. The lowest BCUT2D eigenvalue weighted by molar-refractivity contribution is 0.0698. The number of carboxylic acid groups (broad SMARTS) is 1. The van der Waals surface area contributed by atoms with E-state index in [0.717, 1.165) is 9.13 Å². The SMILES string of the molecule is CC(c1ccc(I)cc1)n1ncc2c(Cl)ccc(C(=O)O)c21. The molecule has 0 saturated heterocycles. The fraction of sp³-hybridized carbons (Fsp3) is 0.125. The van der Waals surface area contributed by atoms with Gasteiger partial charge in [0.05, 0.1) is 28.3 Å². The van der Waals surface area contributed by atoms with Gasteiger partial charge in [-0.1, -0.05) is 23.7 Å². The number of benzene rings is 2. The van der Waals surface area contributed by atoms with Gasteiger partial charge in [-0.15, -0.1) is 0 Å². The number of carbonyl (C=O) groups is 1. The van der Waals surface area contributed by atoms with Crippen LogP contribution in [0, 0.1) is 3.57 Å². The maximum atomic E-state index is 11.5. The maximum absolute atomic E-state index is 11.5. The van der Waals surface area contributed by atoms with Gasteiger partial charge >= 0.3 is 5.97 Å². The van der Waals surface area contributed by atoms with Gasteiger partial charge in [0.15, 0.2) is 0 Å². The Bertz CT molecular complexity index is 858. The number of carboxylic acids is 1. The van der Waals surface area contributed by atoms with Gasteiger partial charge in [-0.3, -0.25) is 4.68 Å². The van der Waals surface area contributed by atoms with Crippen molar-refractivity contribution < 1.29 is 9.90 Å². The molecule has 0 bridgehead atoms. The van der Waals surface area contributed by atoms with Crippen LogP contribution in [0.25, 0.3) is 10.9 Å². The molecule has 0 aliphatic rings. The largest absolute Gasteiger partial charge is 0.478 e. The van der Waals surface area contributed by atoms with E-state index < -0.39 is 5.97 Å².